The normalized spacial score (nSPS) is 10.8. The topological polar surface area (TPSA) is 47.7 Å². The highest BCUT2D eigenvalue weighted by atomic mass is 15.2. The molecule has 0 bridgehead atoms. The van der Waals surface area contributed by atoms with Crippen molar-refractivity contribution in [2.45, 2.75) is 20.0 Å². The maximum Gasteiger partial charge on any atom is 0.163 e. The summed E-state index contributed by atoms with van der Waals surface area (Å²) in [6.07, 6.45) is 5.98. The Bertz CT molecular complexity index is 708. The first-order valence-corrected chi connectivity index (χ1v) is 7.09. The van der Waals surface area contributed by atoms with Crippen LogP contribution in [0.25, 0.3) is 11.4 Å². The Labute approximate surface area is 124 Å². The molecule has 5 nitrogen and oxygen atoms in total. The van der Waals surface area contributed by atoms with Gasteiger partial charge in [0.05, 0.1) is 0 Å². The largest absolute Gasteiger partial charge is 0.381 e. The van der Waals surface area contributed by atoms with Gasteiger partial charge in [0, 0.05) is 43.8 Å². The van der Waals surface area contributed by atoms with Crippen molar-refractivity contribution in [3.8, 4) is 11.4 Å². The lowest BCUT2D eigenvalue weighted by atomic mass is 10.2. The molecule has 3 rings (SSSR count). The van der Waals surface area contributed by atoms with Crippen molar-refractivity contribution in [3.63, 3.8) is 0 Å². The van der Waals surface area contributed by atoms with E-state index in [1.54, 1.807) is 6.33 Å². The maximum atomic E-state index is 4.11. The van der Waals surface area contributed by atoms with Gasteiger partial charge in [-0.3, -0.25) is 0 Å². The summed E-state index contributed by atoms with van der Waals surface area (Å²) in [6, 6.07) is 10.4. The van der Waals surface area contributed by atoms with Crippen molar-refractivity contribution < 1.29 is 0 Å². The van der Waals surface area contributed by atoms with Gasteiger partial charge >= 0.3 is 0 Å². The van der Waals surface area contributed by atoms with Crippen LogP contribution in [0.15, 0.2) is 49.1 Å². The number of aromatic nitrogens is 4. The standard InChI is InChI=1S/C16H19N5/c1-3-21-9-8-13(11-21)10-17-15-6-4-14(5-7-15)16-19-18-12-20(16)2/h4-9,11-12,17H,3,10H2,1-2H3. The molecule has 0 spiro atoms. The predicted octanol–water partition coefficient (Wildman–Crippen LogP) is 2.92. The van der Waals surface area contributed by atoms with Crippen molar-refractivity contribution in [2.24, 2.45) is 7.05 Å². The molecule has 0 amide bonds. The van der Waals surface area contributed by atoms with E-state index >= 15 is 0 Å². The maximum absolute atomic E-state index is 4.11. The minimum Gasteiger partial charge on any atom is -0.381 e. The monoisotopic (exact) mass is 281 g/mol. The molecule has 0 fully saturated rings. The second kappa shape index (κ2) is 5.83. The highest BCUT2D eigenvalue weighted by Crippen LogP contribution is 2.19. The van der Waals surface area contributed by atoms with Gasteiger partial charge < -0.3 is 14.5 Å². The van der Waals surface area contributed by atoms with Crippen LogP contribution < -0.4 is 5.32 Å². The minimum atomic E-state index is 0.830. The molecule has 3 aromatic rings. The summed E-state index contributed by atoms with van der Waals surface area (Å²) in [7, 11) is 1.94. The number of nitrogens with zero attached hydrogens (tertiary/aromatic N) is 4. The summed E-state index contributed by atoms with van der Waals surface area (Å²) < 4.78 is 4.09. The molecule has 1 N–H and O–H groups in total. The molecule has 0 saturated heterocycles. The summed E-state index contributed by atoms with van der Waals surface area (Å²) >= 11 is 0. The molecule has 21 heavy (non-hydrogen) atoms. The first kappa shape index (κ1) is 13.4. The van der Waals surface area contributed by atoms with Gasteiger partial charge in [-0.05, 0) is 42.8 Å². The molecule has 0 aliphatic heterocycles. The number of rotatable bonds is 5. The zero-order valence-electron chi connectivity index (χ0n) is 12.3. The Morgan fingerprint density at radius 1 is 1.14 bits per heavy atom. The second-order valence-corrected chi connectivity index (χ2v) is 5.05. The van der Waals surface area contributed by atoms with Crippen LogP contribution in [0.5, 0.6) is 0 Å². The molecule has 0 atom stereocenters. The molecule has 1 aromatic carbocycles. The van der Waals surface area contributed by atoms with Crippen LogP contribution in [0.3, 0.4) is 0 Å². The van der Waals surface area contributed by atoms with Gasteiger partial charge in [-0.15, -0.1) is 10.2 Å². The van der Waals surface area contributed by atoms with Gasteiger partial charge in [0.2, 0.25) is 0 Å². The van der Waals surface area contributed by atoms with Gasteiger partial charge in [-0.2, -0.15) is 0 Å². The van der Waals surface area contributed by atoms with Crippen LogP contribution in [0.4, 0.5) is 5.69 Å². The summed E-state index contributed by atoms with van der Waals surface area (Å²) in [4.78, 5) is 0. The fourth-order valence-corrected chi connectivity index (χ4v) is 2.28. The number of nitrogens with one attached hydrogen (secondary N) is 1. The molecule has 2 aromatic heterocycles. The van der Waals surface area contributed by atoms with Gasteiger partial charge in [-0.25, -0.2) is 0 Å². The molecular formula is C16H19N5. The highest BCUT2D eigenvalue weighted by molar-refractivity contribution is 5.59. The van der Waals surface area contributed by atoms with E-state index in [-0.39, 0.29) is 0 Å². The van der Waals surface area contributed by atoms with Crippen LogP contribution in [-0.2, 0) is 20.1 Å². The van der Waals surface area contributed by atoms with E-state index in [0.717, 1.165) is 30.2 Å². The Morgan fingerprint density at radius 2 is 1.95 bits per heavy atom. The molecule has 0 radical (unpaired) electrons. The molecule has 0 unspecified atom stereocenters. The van der Waals surface area contributed by atoms with E-state index < -0.39 is 0 Å². The summed E-state index contributed by atoms with van der Waals surface area (Å²) in [5.74, 6) is 0.876. The van der Waals surface area contributed by atoms with Crippen molar-refractivity contribution in [2.75, 3.05) is 5.32 Å². The third-order valence-electron chi connectivity index (χ3n) is 3.53. The summed E-state index contributed by atoms with van der Waals surface area (Å²) in [5.41, 5.74) is 3.46. The molecule has 5 heteroatoms. The van der Waals surface area contributed by atoms with Crippen molar-refractivity contribution in [3.05, 3.63) is 54.6 Å². The van der Waals surface area contributed by atoms with E-state index in [2.05, 4.69) is 69.7 Å². The van der Waals surface area contributed by atoms with E-state index in [9.17, 15) is 0 Å². The average molecular weight is 281 g/mol. The van der Waals surface area contributed by atoms with Crippen molar-refractivity contribution in [1.82, 2.24) is 19.3 Å². The lowest BCUT2D eigenvalue weighted by Gasteiger charge is -2.06. The molecule has 0 aliphatic carbocycles. The van der Waals surface area contributed by atoms with Crippen LogP contribution in [0, 0.1) is 0 Å². The van der Waals surface area contributed by atoms with Crippen LogP contribution in [-0.4, -0.2) is 19.3 Å². The summed E-state index contributed by atoms with van der Waals surface area (Å²) in [5, 5.41) is 11.4. The zero-order valence-corrected chi connectivity index (χ0v) is 12.3. The fraction of sp³-hybridized carbons (Fsp3) is 0.250. The third kappa shape index (κ3) is 2.97. The van der Waals surface area contributed by atoms with Crippen molar-refractivity contribution >= 4 is 5.69 Å². The number of aryl methyl sites for hydroxylation is 2. The van der Waals surface area contributed by atoms with Crippen LogP contribution in [0.2, 0.25) is 0 Å². The molecule has 108 valence electrons. The van der Waals surface area contributed by atoms with Crippen LogP contribution >= 0.6 is 0 Å². The smallest absolute Gasteiger partial charge is 0.163 e. The molecular weight excluding hydrogens is 262 g/mol. The Hall–Kier alpha value is -2.56. The molecule has 2 heterocycles. The number of anilines is 1. The number of hydrogen-bond donors (Lipinski definition) is 1. The first-order valence-electron chi connectivity index (χ1n) is 7.09. The fourth-order valence-electron chi connectivity index (χ4n) is 2.28. The van der Waals surface area contributed by atoms with Crippen LogP contribution in [0.1, 0.15) is 12.5 Å². The lowest BCUT2D eigenvalue weighted by Crippen LogP contribution is -1.99. The minimum absolute atomic E-state index is 0.830. The van der Waals surface area contributed by atoms with E-state index in [0.29, 0.717) is 0 Å². The predicted molar refractivity (Wildman–Crippen MR) is 83.9 cm³/mol. The average Bonchev–Trinajstić information content (AvgIpc) is 3.14. The van der Waals surface area contributed by atoms with Gasteiger partial charge in [0.15, 0.2) is 5.82 Å². The third-order valence-corrected chi connectivity index (χ3v) is 3.53. The number of hydrogen-bond acceptors (Lipinski definition) is 3. The lowest BCUT2D eigenvalue weighted by molar-refractivity contribution is 0.766. The van der Waals surface area contributed by atoms with E-state index in [1.807, 2.05) is 11.6 Å². The molecule has 0 saturated carbocycles. The van der Waals surface area contributed by atoms with E-state index in [1.165, 1.54) is 5.56 Å². The Balaban J connectivity index is 1.66. The van der Waals surface area contributed by atoms with Gasteiger partial charge in [0.25, 0.3) is 0 Å². The quantitative estimate of drug-likeness (QED) is 0.782. The first-order chi connectivity index (χ1) is 10.3. The SMILES string of the molecule is CCn1ccc(CNc2ccc(-c3nncn3C)cc2)c1. The van der Waals surface area contributed by atoms with Gasteiger partial charge in [-0.1, -0.05) is 0 Å². The van der Waals surface area contributed by atoms with E-state index in [4.69, 9.17) is 0 Å². The second-order valence-electron chi connectivity index (χ2n) is 5.05. The number of benzene rings is 1. The van der Waals surface area contributed by atoms with Crippen molar-refractivity contribution in [1.29, 1.82) is 0 Å². The summed E-state index contributed by atoms with van der Waals surface area (Å²) in [6.45, 7) is 3.98. The zero-order chi connectivity index (χ0) is 14.7. The Morgan fingerprint density at radius 3 is 2.57 bits per heavy atom. The Kier molecular flexibility index (Phi) is 3.73. The van der Waals surface area contributed by atoms with Gasteiger partial charge in [0.1, 0.15) is 6.33 Å². The highest BCUT2D eigenvalue weighted by Gasteiger charge is 2.04. The molecule has 0 aliphatic rings.